The predicted octanol–water partition coefficient (Wildman–Crippen LogP) is 2.70. The van der Waals surface area contributed by atoms with E-state index in [-0.39, 0.29) is 0 Å². The van der Waals surface area contributed by atoms with Crippen LogP contribution in [0.3, 0.4) is 0 Å². The average Bonchev–Trinajstić information content (AvgIpc) is 2.15. The number of rotatable bonds is 3. The van der Waals surface area contributed by atoms with Crippen LogP contribution in [-0.4, -0.2) is 5.37 Å². The summed E-state index contributed by atoms with van der Waals surface area (Å²) in [5, 5.41) is 2.01. The summed E-state index contributed by atoms with van der Waals surface area (Å²) >= 11 is 5.14. The Balaban J connectivity index is 2.54. The molecule has 0 fully saturated rings. The third kappa shape index (κ3) is 3.47. The fraction of sp³-hybridized carbons (Fsp3) is 0.300. The fourth-order valence-electron chi connectivity index (χ4n) is 1.06. The highest BCUT2D eigenvalue weighted by molar-refractivity contribution is 6.62. The van der Waals surface area contributed by atoms with Crippen molar-refractivity contribution in [3.05, 3.63) is 35.4 Å². The predicted molar refractivity (Wildman–Crippen MR) is 53.9 cm³/mol. The second kappa shape index (κ2) is 4.87. The van der Waals surface area contributed by atoms with Crippen LogP contribution in [0.25, 0.3) is 0 Å². The number of amides is 1. The Kier molecular flexibility index (Phi) is 3.77. The number of benzene rings is 1. The zero-order valence-electron chi connectivity index (χ0n) is 7.51. The minimum absolute atomic E-state index is 0.492. The molecule has 0 saturated heterocycles. The number of halogens is 1. The lowest BCUT2D eigenvalue weighted by molar-refractivity contribution is 0.259. The topological polar surface area (TPSA) is 29.1 Å². The summed E-state index contributed by atoms with van der Waals surface area (Å²) in [6.07, 6.45) is 1.03. The molecule has 1 amide bonds. The summed E-state index contributed by atoms with van der Waals surface area (Å²) in [6.45, 7) is 2.60. The first-order chi connectivity index (χ1) is 6.22. The lowest BCUT2D eigenvalue weighted by Crippen LogP contribution is -2.15. The highest BCUT2D eigenvalue weighted by Crippen LogP contribution is 2.04. The first kappa shape index (κ1) is 10.1. The van der Waals surface area contributed by atoms with Crippen LogP contribution in [0.15, 0.2) is 24.3 Å². The van der Waals surface area contributed by atoms with E-state index < -0.39 is 5.37 Å². The van der Waals surface area contributed by atoms with E-state index in [0.29, 0.717) is 6.54 Å². The quantitative estimate of drug-likeness (QED) is 0.586. The Morgan fingerprint density at radius 1 is 1.31 bits per heavy atom. The smallest absolute Gasteiger partial charge is 0.314 e. The molecular weight excluding hydrogens is 186 g/mol. The SMILES string of the molecule is CCc1ccc(CNC(=O)Cl)cc1. The summed E-state index contributed by atoms with van der Waals surface area (Å²) in [5.41, 5.74) is 2.35. The number of carbonyl (C=O) groups excluding carboxylic acids is 1. The number of hydrogen-bond acceptors (Lipinski definition) is 1. The van der Waals surface area contributed by atoms with Crippen molar-refractivity contribution in [2.24, 2.45) is 0 Å². The monoisotopic (exact) mass is 197 g/mol. The summed E-state index contributed by atoms with van der Waals surface area (Å²) in [5.74, 6) is 0. The summed E-state index contributed by atoms with van der Waals surface area (Å²) in [4.78, 5) is 10.4. The average molecular weight is 198 g/mol. The zero-order chi connectivity index (χ0) is 9.68. The van der Waals surface area contributed by atoms with Crippen molar-refractivity contribution in [1.82, 2.24) is 5.32 Å². The molecule has 3 heteroatoms. The zero-order valence-corrected chi connectivity index (χ0v) is 8.27. The van der Waals surface area contributed by atoms with Crippen molar-refractivity contribution in [3.8, 4) is 0 Å². The van der Waals surface area contributed by atoms with Crippen molar-refractivity contribution in [3.63, 3.8) is 0 Å². The van der Waals surface area contributed by atoms with E-state index >= 15 is 0 Å². The molecule has 0 saturated carbocycles. The summed E-state index contributed by atoms with van der Waals surface area (Å²) in [6, 6.07) is 8.09. The highest BCUT2D eigenvalue weighted by atomic mass is 35.5. The van der Waals surface area contributed by atoms with Gasteiger partial charge in [-0.1, -0.05) is 31.2 Å². The molecule has 70 valence electrons. The molecule has 0 aromatic heterocycles. The van der Waals surface area contributed by atoms with E-state index in [1.54, 1.807) is 0 Å². The Bertz CT molecular complexity index is 281. The molecule has 0 aliphatic heterocycles. The molecule has 0 bridgehead atoms. The Labute approximate surface area is 82.9 Å². The van der Waals surface area contributed by atoms with Crippen LogP contribution < -0.4 is 5.32 Å². The fourth-order valence-corrected chi connectivity index (χ4v) is 1.13. The van der Waals surface area contributed by atoms with Crippen LogP contribution in [0.1, 0.15) is 18.1 Å². The van der Waals surface area contributed by atoms with Crippen LogP contribution in [-0.2, 0) is 13.0 Å². The maximum absolute atomic E-state index is 10.4. The van der Waals surface area contributed by atoms with Crippen LogP contribution in [0.4, 0.5) is 4.79 Å². The molecule has 2 nitrogen and oxygen atoms in total. The first-order valence-electron chi connectivity index (χ1n) is 4.23. The van der Waals surface area contributed by atoms with Crippen LogP contribution >= 0.6 is 11.6 Å². The van der Waals surface area contributed by atoms with Crippen LogP contribution in [0.2, 0.25) is 0 Å². The molecule has 0 radical (unpaired) electrons. The summed E-state index contributed by atoms with van der Waals surface area (Å²) in [7, 11) is 0. The van der Waals surface area contributed by atoms with Gasteiger partial charge in [0.1, 0.15) is 0 Å². The molecular formula is C10H12ClNO. The number of hydrogen-bond donors (Lipinski definition) is 1. The van der Waals surface area contributed by atoms with Crippen molar-refractivity contribution in [2.45, 2.75) is 19.9 Å². The Hall–Kier alpha value is -1.02. The lowest BCUT2D eigenvalue weighted by atomic mass is 10.1. The normalized spacial score (nSPS) is 9.69. The Morgan fingerprint density at radius 2 is 1.85 bits per heavy atom. The molecule has 0 atom stereocenters. The van der Waals surface area contributed by atoms with Crippen molar-refractivity contribution >= 4 is 17.0 Å². The van der Waals surface area contributed by atoms with Gasteiger partial charge >= 0.3 is 5.37 Å². The van der Waals surface area contributed by atoms with Gasteiger partial charge in [0, 0.05) is 6.54 Å². The van der Waals surface area contributed by atoms with E-state index in [1.165, 1.54) is 5.56 Å². The molecule has 0 heterocycles. The van der Waals surface area contributed by atoms with E-state index in [0.717, 1.165) is 12.0 Å². The maximum Gasteiger partial charge on any atom is 0.314 e. The van der Waals surface area contributed by atoms with Crippen LogP contribution in [0.5, 0.6) is 0 Å². The van der Waals surface area contributed by atoms with Gasteiger partial charge in [0.05, 0.1) is 0 Å². The van der Waals surface area contributed by atoms with Crippen LogP contribution in [0, 0.1) is 0 Å². The van der Waals surface area contributed by atoms with Gasteiger partial charge in [-0.25, -0.2) is 0 Å². The minimum Gasteiger partial charge on any atom is -0.339 e. The molecule has 1 N–H and O–H groups in total. The molecule has 1 rings (SSSR count). The molecule has 13 heavy (non-hydrogen) atoms. The number of aryl methyl sites for hydroxylation is 1. The molecule has 0 aliphatic carbocycles. The molecule has 0 aliphatic rings. The molecule has 0 spiro atoms. The van der Waals surface area contributed by atoms with Crippen molar-refractivity contribution in [2.75, 3.05) is 0 Å². The standard InChI is InChI=1S/C10H12ClNO/c1-2-8-3-5-9(6-4-8)7-12-10(11)13/h3-6H,2,7H2,1H3,(H,12,13). The number of carbonyl (C=O) groups is 1. The second-order valence-electron chi connectivity index (χ2n) is 2.80. The highest BCUT2D eigenvalue weighted by Gasteiger charge is 1.95. The first-order valence-corrected chi connectivity index (χ1v) is 4.61. The largest absolute Gasteiger partial charge is 0.339 e. The van der Waals surface area contributed by atoms with E-state index in [9.17, 15) is 4.79 Å². The van der Waals surface area contributed by atoms with Gasteiger partial charge in [-0.2, -0.15) is 0 Å². The van der Waals surface area contributed by atoms with Crippen molar-refractivity contribution in [1.29, 1.82) is 0 Å². The van der Waals surface area contributed by atoms with Crippen molar-refractivity contribution < 1.29 is 4.79 Å². The van der Waals surface area contributed by atoms with E-state index in [2.05, 4.69) is 24.4 Å². The number of nitrogens with one attached hydrogen (secondary N) is 1. The van der Waals surface area contributed by atoms with E-state index in [1.807, 2.05) is 12.1 Å². The molecule has 0 unspecified atom stereocenters. The molecule has 1 aromatic rings. The van der Waals surface area contributed by atoms with Gasteiger partial charge in [0.2, 0.25) is 0 Å². The third-order valence-corrected chi connectivity index (χ3v) is 2.00. The third-order valence-electron chi connectivity index (χ3n) is 1.86. The molecule has 1 aromatic carbocycles. The van der Waals surface area contributed by atoms with E-state index in [4.69, 9.17) is 11.6 Å². The van der Waals surface area contributed by atoms with Gasteiger partial charge in [-0.15, -0.1) is 0 Å². The van der Waals surface area contributed by atoms with Gasteiger partial charge in [0.25, 0.3) is 0 Å². The van der Waals surface area contributed by atoms with Gasteiger partial charge in [-0.3, -0.25) is 4.79 Å². The van der Waals surface area contributed by atoms with Gasteiger partial charge in [-0.05, 0) is 29.1 Å². The van der Waals surface area contributed by atoms with Gasteiger partial charge < -0.3 is 5.32 Å². The van der Waals surface area contributed by atoms with Gasteiger partial charge in [0.15, 0.2) is 0 Å². The summed E-state index contributed by atoms with van der Waals surface area (Å²) < 4.78 is 0. The second-order valence-corrected chi connectivity index (χ2v) is 3.14. The minimum atomic E-state index is -0.514. The lowest BCUT2D eigenvalue weighted by Gasteiger charge is -2.02. The maximum atomic E-state index is 10.4. The Morgan fingerprint density at radius 3 is 2.31 bits per heavy atom.